The van der Waals surface area contributed by atoms with Crippen molar-refractivity contribution in [1.82, 2.24) is 4.72 Å². The Balaban J connectivity index is 1.76. The summed E-state index contributed by atoms with van der Waals surface area (Å²) in [6, 6.07) is 8.14. The molecule has 0 spiro atoms. The van der Waals surface area contributed by atoms with Crippen LogP contribution in [0.1, 0.15) is 67.2 Å². The van der Waals surface area contributed by atoms with Gasteiger partial charge in [0.05, 0.1) is 4.75 Å². The number of hydrogen-bond donors (Lipinski definition) is 2. The second-order valence-electron chi connectivity index (χ2n) is 9.57. The molecule has 27 heavy (non-hydrogen) atoms. The summed E-state index contributed by atoms with van der Waals surface area (Å²) in [5.74, 6) is 1.45. The Morgan fingerprint density at radius 2 is 1.52 bits per heavy atom. The Morgan fingerprint density at radius 1 is 0.963 bits per heavy atom. The summed E-state index contributed by atoms with van der Waals surface area (Å²) >= 11 is 0. The zero-order chi connectivity index (χ0) is 20.3. The molecule has 1 saturated carbocycles. The third-order valence-electron chi connectivity index (χ3n) is 4.85. The Hall–Kier alpha value is -1.27. The highest BCUT2D eigenvalue weighted by Gasteiger charge is 2.32. The van der Waals surface area contributed by atoms with Crippen LogP contribution < -0.4 is 14.8 Å². The van der Waals surface area contributed by atoms with Crippen LogP contribution in [0.25, 0.3) is 0 Å². The van der Waals surface area contributed by atoms with E-state index in [1.807, 2.05) is 45.0 Å². The SMILES string of the molecule is CC(C)(C)Oc1ccc(NC[C@H]2CC[C@H](NS(=O)(=O)C(C)(C)C)CC2)cc1. The first kappa shape index (κ1) is 22.0. The quantitative estimate of drug-likeness (QED) is 0.740. The van der Waals surface area contributed by atoms with Crippen molar-refractivity contribution in [2.24, 2.45) is 5.92 Å². The van der Waals surface area contributed by atoms with Crippen molar-refractivity contribution in [3.63, 3.8) is 0 Å². The molecule has 6 heteroatoms. The summed E-state index contributed by atoms with van der Waals surface area (Å²) in [5.41, 5.74) is 0.897. The molecule has 1 fully saturated rings. The molecule has 0 saturated heterocycles. The van der Waals surface area contributed by atoms with Crippen molar-refractivity contribution in [1.29, 1.82) is 0 Å². The fraction of sp³-hybridized carbons (Fsp3) is 0.714. The molecule has 0 bridgehead atoms. The highest BCUT2D eigenvalue weighted by atomic mass is 32.2. The average Bonchev–Trinajstić information content (AvgIpc) is 2.53. The molecule has 2 rings (SSSR count). The predicted octanol–water partition coefficient (Wildman–Crippen LogP) is 4.55. The molecule has 0 aromatic heterocycles. The number of benzene rings is 1. The van der Waals surface area contributed by atoms with E-state index in [1.54, 1.807) is 20.8 Å². The molecular formula is C21H36N2O3S. The van der Waals surface area contributed by atoms with E-state index in [9.17, 15) is 8.42 Å². The average molecular weight is 397 g/mol. The highest BCUT2D eigenvalue weighted by Crippen LogP contribution is 2.27. The van der Waals surface area contributed by atoms with Crippen LogP contribution in [0.5, 0.6) is 5.75 Å². The standard InChI is InChI=1S/C21H36N2O3S/c1-20(2,3)26-19-13-11-17(12-14-19)22-15-16-7-9-18(10-8-16)23-27(24,25)21(4,5)6/h11-14,16,18,22-23H,7-10,15H2,1-6H3/t16-,18-. The van der Waals surface area contributed by atoms with E-state index in [2.05, 4.69) is 10.0 Å². The molecule has 154 valence electrons. The molecule has 0 amide bonds. The van der Waals surface area contributed by atoms with Crippen molar-refractivity contribution in [3.05, 3.63) is 24.3 Å². The van der Waals surface area contributed by atoms with Crippen molar-refractivity contribution < 1.29 is 13.2 Å². The van der Waals surface area contributed by atoms with Crippen molar-refractivity contribution >= 4 is 15.7 Å². The summed E-state index contributed by atoms with van der Waals surface area (Å²) in [7, 11) is -3.26. The van der Waals surface area contributed by atoms with Gasteiger partial charge in [0.2, 0.25) is 10.0 Å². The molecule has 5 nitrogen and oxygen atoms in total. The predicted molar refractivity (Wildman–Crippen MR) is 113 cm³/mol. The van der Waals surface area contributed by atoms with Crippen LogP contribution in [-0.4, -0.2) is 31.4 Å². The van der Waals surface area contributed by atoms with E-state index < -0.39 is 14.8 Å². The number of anilines is 1. The Morgan fingerprint density at radius 3 is 2.00 bits per heavy atom. The second kappa shape index (κ2) is 8.39. The number of sulfonamides is 1. The van der Waals surface area contributed by atoms with E-state index in [0.29, 0.717) is 5.92 Å². The molecule has 1 aliphatic carbocycles. The lowest BCUT2D eigenvalue weighted by molar-refractivity contribution is 0.131. The van der Waals surface area contributed by atoms with Gasteiger partial charge in [-0.05, 0) is 97.4 Å². The smallest absolute Gasteiger partial charge is 0.216 e. The first-order valence-electron chi connectivity index (χ1n) is 9.90. The van der Waals surface area contributed by atoms with Crippen LogP contribution in [0, 0.1) is 5.92 Å². The van der Waals surface area contributed by atoms with Crippen molar-refractivity contribution in [3.8, 4) is 5.75 Å². The second-order valence-corrected chi connectivity index (χ2v) is 12.0. The van der Waals surface area contributed by atoms with Crippen LogP contribution in [0.4, 0.5) is 5.69 Å². The molecule has 1 aromatic rings. The van der Waals surface area contributed by atoms with Gasteiger partial charge < -0.3 is 10.1 Å². The molecule has 0 unspecified atom stereocenters. The topological polar surface area (TPSA) is 67.4 Å². The van der Waals surface area contributed by atoms with E-state index in [0.717, 1.165) is 43.7 Å². The third kappa shape index (κ3) is 7.00. The van der Waals surface area contributed by atoms with Gasteiger partial charge in [0.1, 0.15) is 11.4 Å². The van der Waals surface area contributed by atoms with Crippen molar-refractivity contribution in [2.75, 3.05) is 11.9 Å². The van der Waals surface area contributed by atoms with Crippen molar-refractivity contribution in [2.45, 2.75) is 83.6 Å². The molecule has 2 N–H and O–H groups in total. The van der Waals surface area contributed by atoms with Crippen LogP contribution in [-0.2, 0) is 10.0 Å². The van der Waals surface area contributed by atoms with Crippen LogP contribution >= 0.6 is 0 Å². The lowest BCUT2D eigenvalue weighted by Gasteiger charge is -2.31. The van der Waals surface area contributed by atoms with Crippen LogP contribution in [0.3, 0.4) is 0 Å². The molecule has 0 aliphatic heterocycles. The molecule has 1 aliphatic rings. The number of ether oxygens (including phenoxy) is 1. The maximum Gasteiger partial charge on any atom is 0.216 e. The highest BCUT2D eigenvalue weighted by molar-refractivity contribution is 7.90. The zero-order valence-corrected chi connectivity index (χ0v) is 18.4. The third-order valence-corrected chi connectivity index (χ3v) is 7.10. The van der Waals surface area contributed by atoms with E-state index >= 15 is 0 Å². The maximum atomic E-state index is 12.3. The van der Waals surface area contributed by atoms with E-state index in [4.69, 9.17) is 4.74 Å². The largest absolute Gasteiger partial charge is 0.488 e. The van der Waals surface area contributed by atoms with Crippen LogP contribution in [0.15, 0.2) is 24.3 Å². The lowest BCUT2D eigenvalue weighted by Crippen LogP contribution is -2.46. The molecule has 0 heterocycles. The number of hydrogen-bond acceptors (Lipinski definition) is 4. The summed E-state index contributed by atoms with van der Waals surface area (Å²) < 4.78 is 32.6. The monoisotopic (exact) mass is 396 g/mol. The molecular weight excluding hydrogens is 360 g/mol. The van der Waals surface area contributed by atoms with Gasteiger partial charge in [-0.3, -0.25) is 0 Å². The van der Waals surface area contributed by atoms with Gasteiger partial charge >= 0.3 is 0 Å². The minimum atomic E-state index is -3.26. The summed E-state index contributed by atoms with van der Waals surface area (Å²) in [4.78, 5) is 0. The molecule has 0 atom stereocenters. The van der Waals surface area contributed by atoms with Gasteiger partial charge in [-0.15, -0.1) is 0 Å². The zero-order valence-electron chi connectivity index (χ0n) is 17.6. The van der Waals surface area contributed by atoms with Gasteiger partial charge in [-0.1, -0.05) is 0 Å². The molecule has 1 aromatic carbocycles. The van der Waals surface area contributed by atoms with Gasteiger partial charge in [-0.25, -0.2) is 13.1 Å². The van der Waals surface area contributed by atoms with E-state index in [-0.39, 0.29) is 11.6 Å². The molecule has 0 radical (unpaired) electrons. The first-order chi connectivity index (χ1) is 12.4. The minimum absolute atomic E-state index is 0.0688. The summed E-state index contributed by atoms with van der Waals surface area (Å²) in [6.07, 6.45) is 3.88. The first-order valence-corrected chi connectivity index (χ1v) is 11.4. The van der Waals surface area contributed by atoms with Gasteiger partial charge in [0, 0.05) is 18.3 Å². The number of rotatable bonds is 6. The van der Waals surface area contributed by atoms with Gasteiger partial charge in [0.15, 0.2) is 0 Å². The summed E-state index contributed by atoms with van der Waals surface area (Å²) in [5, 5.41) is 3.50. The Kier molecular flexibility index (Phi) is 6.85. The Bertz CT molecular complexity index is 692. The maximum absolute atomic E-state index is 12.3. The fourth-order valence-electron chi connectivity index (χ4n) is 3.14. The summed E-state index contributed by atoms with van der Waals surface area (Å²) in [6.45, 7) is 12.2. The number of nitrogens with one attached hydrogen (secondary N) is 2. The minimum Gasteiger partial charge on any atom is -0.488 e. The van der Waals surface area contributed by atoms with Gasteiger partial charge in [-0.2, -0.15) is 0 Å². The van der Waals surface area contributed by atoms with Gasteiger partial charge in [0.25, 0.3) is 0 Å². The Labute approximate surface area is 165 Å². The normalized spacial score (nSPS) is 21.7. The fourth-order valence-corrected chi connectivity index (χ4v) is 4.17. The van der Waals surface area contributed by atoms with E-state index in [1.165, 1.54) is 0 Å². The van der Waals surface area contributed by atoms with Crippen LogP contribution in [0.2, 0.25) is 0 Å². The lowest BCUT2D eigenvalue weighted by atomic mass is 9.86.